The molecule has 8 heteroatoms. The molecule has 0 spiro atoms. The summed E-state index contributed by atoms with van der Waals surface area (Å²) in [5.41, 5.74) is 0. The lowest BCUT2D eigenvalue weighted by Gasteiger charge is -2.06. The van der Waals surface area contributed by atoms with Crippen LogP contribution in [0.1, 0.15) is 0 Å². The smallest absolute Gasteiger partial charge is 0.213 e. The molecule has 0 aromatic heterocycles. The summed E-state index contributed by atoms with van der Waals surface area (Å²) in [7, 11) is 1.76. The van der Waals surface area contributed by atoms with Gasteiger partial charge >= 0.3 is 0 Å². The van der Waals surface area contributed by atoms with Crippen molar-refractivity contribution in [1.82, 2.24) is 0 Å². The molecule has 0 aromatic rings. The largest absolute Gasteiger partial charge is 0.285 e. The van der Waals surface area contributed by atoms with Gasteiger partial charge in [0.1, 0.15) is 0 Å². The minimum Gasteiger partial charge on any atom is -0.285 e. The van der Waals surface area contributed by atoms with Crippen molar-refractivity contribution in [2.75, 3.05) is 11.5 Å². The van der Waals surface area contributed by atoms with Gasteiger partial charge < -0.3 is 0 Å². The fourth-order valence-corrected chi connectivity index (χ4v) is 3.41. The maximum atomic E-state index is 11.2. The monoisotopic (exact) mass is 306 g/mol. The molecule has 82 valence electrons. The van der Waals surface area contributed by atoms with Crippen LogP contribution in [-0.4, -0.2) is 32.2 Å². The second-order valence-electron chi connectivity index (χ2n) is 2.20. The lowest BCUT2D eigenvalue weighted by atomic mass is 10.5. The fraction of sp³-hybridized carbons (Fsp3) is 0.667. The number of carbonyl (C=O) groups is 2. The molecule has 0 heterocycles. The van der Waals surface area contributed by atoms with E-state index in [1.165, 1.54) is 0 Å². The van der Waals surface area contributed by atoms with Crippen molar-refractivity contribution in [2.45, 2.75) is 10.5 Å². The number of carbonyl (C=O) groups excluding carboxylic acids is 2. The highest BCUT2D eigenvalue weighted by Gasteiger charge is 2.18. The standard InChI is InChI=1S/C6H10O2S6/c7-5(3(11)1-9)13-14-6(8)4(12)2-10/h3-4,9-12H,1-2H2. The van der Waals surface area contributed by atoms with Gasteiger partial charge in [-0.1, -0.05) is 0 Å². The Balaban J connectivity index is 3.83. The van der Waals surface area contributed by atoms with E-state index in [-0.39, 0.29) is 10.2 Å². The number of rotatable bonds is 4. The number of thiol groups is 4. The summed E-state index contributed by atoms with van der Waals surface area (Å²) in [5, 5.41) is -1.20. The van der Waals surface area contributed by atoms with Gasteiger partial charge in [0.05, 0.1) is 10.5 Å². The van der Waals surface area contributed by atoms with Crippen LogP contribution in [0.3, 0.4) is 0 Å². The molecule has 0 aliphatic heterocycles. The third-order valence-electron chi connectivity index (χ3n) is 1.10. The van der Waals surface area contributed by atoms with Crippen molar-refractivity contribution in [2.24, 2.45) is 0 Å². The van der Waals surface area contributed by atoms with Gasteiger partial charge in [-0.25, -0.2) is 0 Å². The number of hydrogen-bond acceptors (Lipinski definition) is 8. The second-order valence-corrected chi connectivity index (χ2v) is 6.32. The van der Waals surface area contributed by atoms with E-state index in [9.17, 15) is 9.59 Å². The molecule has 0 aliphatic carbocycles. The molecule has 2 atom stereocenters. The van der Waals surface area contributed by atoms with Crippen molar-refractivity contribution in [3.8, 4) is 0 Å². The van der Waals surface area contributed by atoms with Crippen LogP contribution in [0.4, 0.5) is 0 Å². The summed E-state index contributed by atoms with van der Waals surface area (Å²) in [6, 6.07) is 0. The van der Waals surface area contributed by atoms with E-state index >= 15 is 0 Å². The van der Waals surface area contributed by atoms with Gasteiger partial charge in [0, 0.05) is 11.5 Å². The molecule has 2 unspecified atom stereocenters. The van der Waals surface area contributed by atoms with E-state index < -0.39 is 10.5 Å². The van der Waals surface area contributed by atoms with E-state index in [1.807, 2.05) is 0 Å². The predicted octanol–water partition coefficient (Wildman–Crippen LogP) is 1.88. The average molecular weight is 307 g/mol. The van der Waals surface area contributed by atoms with E-state index in [1.54, 1.807) is 0 Å². The molecule has 0 aromatic carbocycles. The van der Waals surface area contributed by atoms with Gasteiger partial charge in [-0.3, -0.25) is 9.59 Å². The third-order valence-corrected chi connectivity index (χ3v) is 5.80. The van der Waals surface area contributed by atoms with Gasteiger partial charge in [0.2, 0.25) is 10.2 Å². The van der Waals surface area contributed by atoms with Gasteiger partial charge in [0.25, 0.3) is 0 Å². The molecule has 0 rings (SSSR count). The zero-order valence-electron chi connectivity index (χ0n) is 6.99. The van der Waals surface area contributed by atoms with Gasteiger partial charge in [-0.05, 0) is 21.6 Å². The van der Waals surface area contributed by atoms with Gasteiger partial charge in [0.15, 0.2) is 0 Å². The van der Waals surface area contributed by atoms with Crippen molar-refractivity contribution in [1.29, 1.82) is 0 Å². The van der Waals surface area contributed by atoms with Crippen molar-refractivity contribution in [3.63, 3.8) is 0 Å². The Hall–Kier alpha value is 1.44. The lowest BCUT2D eigenvalue weighted by molar-refractivity contribution is -0.111. The van der Waals surface area contributed by atoms with E-state index in [0.717, 1.165) is 21.6 Å². The SMILES string of the molecule is O=C(SSC(=O)C(S)CS)C(S)CS. The summed E-state index contributed by atoms with van der Waals surface area (Å²) in [5.74, 6) is 0.723. The van der Waals surface area contributed by atoms with Crippen LogP contribution in [-0.2, 0) is 9.59 Å². The summed E-state index contributed by atoms with van der Waals surface area (Å²) in [6.07, 6.45) is 0. The molecule has 0 radical (unpaired) electrons. The Morgan fingerprint density at radius 2 is 1.21 bits per heavy atom. The zero-order valence-corrected chi connectivity index (χ0v) is 12.2. The molecule has 14 heavy (non-hydrogen) atoms. The quantitative estimate of drug-likeness (QED) is 0.472. The summed E-state index contributed by atoms with van der Waals surface area (Å²) in [6.45, 7) is 0. The molecule has 0 bridgehead atoms. The topological polar surface area (TPSA) is 34.1 Å². The third kappa shape index (κ3) is 6.12. The van der Waals surface area contributed by atoms with Crippen molar-refractivity contribution in [3.05, 3.63) is 0 Å². The van der Waals surface area contributed by atoms with E-state index in [4.69, 9.17) is 0 Å². The predicted molar refractivity (Wildman–Crippen MR) is 78.5 cm³/mol. The highest BCUT2D eigenvalue weighted by atomic mass is 33.1. The second kappa shape index (κ2) is 8.58. The number of hydrogen-bond donors (Lipinski definition) is 4. The maximum absolute atomic E-state index is 11.2. The highest BCUT2D eigenvalue weighted by molar-refractivity contribution is 8.87. The Kier molecular flexibility index (Phi) is 9.46. The van der Waals surface area contributed by atoms with Crippen LogP contribution < -0.4 is 0 Å². The maximum Gasteiger partial charge on any atom is 0.213 e. The minimum absolute atomic E-state index is 0.165. The Morgan fingerprint density at radius 1 is 0.929 bits per heavy atom. The van der Waals surface area contributed by atoms with Crippen LogP contribution in [0, 0.1) is 0 Å². The van der Waals surface area contributed by atoms with E-state index in [2.05, 4.69) is 50.5 Å². The molecular formula is C6H10O2S6. The summed E-state index contributed by atoms with van der Waals surface area (Å²) in [4.78, 5) is 22.4. The first-order valence-corrected chi connectivity index (χ1v) is 7.97. The van der Waals surface area contributed by atoms with Crippen LogP contribution >= 0.6 is 72.1 Å². The molecule has 0 fully saturated rings. The Labute approximate surface area is 113 Å². The Bertz CT molecular complexity index is 186. The molecule has 0 N–H and O–H groups in total. The van der Waals surface area contributed by atoms with Crippen LogP contribution in [0.25, 0.3) is 0 Å². The fourth-order valence-electron chi connectivity index (χ4n) is 0.342. The molecule has 0 saturated heterocycles. The molecule has 0 saturated carbocycles. The lowest BCUT2D eigenvalue weighted by Crippen LogP contribution is -2.14. The van der Waals surface area contributed by atoms with Gasteiger partial charge in [-0.2, -0.15) is 50.5 Å². The molecule has 0 amide bonds. The van der Waals surface area contributed by atoms with E-state index in [0.29, 0.717) is 11.5 Å². The molecular weight excluding hydrogens is 296 g/mol. The normalized spacial score (nSPS) is 14.9. The first-order valence-electron chi connectivity index (χ1n) is 3.53. The zero-order chi connectivity index (χ0) is 11.1. The summed E-state index contributed by atoms with van der Waals surface area (Å²) < 4.78 is 0. The Morgan fingerprint density at radius 3 is 1.43 bits per heavy atom. The van der Waals surface area contributed by atoms with Crippen molar-refractivity contribution < 1.29 is 9.59 Å². The highest BCUT2D eigenvalue weighted by Crippen LogP contribution is 2.28. The van der Waals surface area contributed by atoms with Crippen LogP contribution in [0.2, 0.25) is 0 Å². The first-order chi connectivity index (χ1) is 6.52. The van der Waals surface area contributed by atoms with Crippen LogP contribution in [0.5, 0.6) is 0 Å². The summed E-state index contributed by atoms with van der Waals surface area (Å²) >= 11 is 15.8. The minimum atomic E-state index is -0.432. The van der Waals surface area contributed by atoms with Gasteiger partial charge in [-0.15, -0.1) is 0 Å². The average Bonchev–Trinajstić information content (AvgIpc) is 2.22. The molecule has 0 aliphatic rings. The first kappa shape index (κ1) is 15.4. The van der Waals surface area contributed by atoms with Crippen LogP contribution in [0.15, 0.2) is 0 Å². The van der Waals surface area contributed by atoms with Crippen molar-refractivity contribution >= 4 is 82.3 Å². The molecule has 2 nitrogen and oxygen atoms in total.